The molecule has 2 amide bonds. The summed E-state index contributed by atoms with van der Waals surface area (Å²) >= 11 is 1.70. The molecule has 126 valence electrons. The summed E-state index contributed by atoms with van der Waals surface area (Å²) in [4.78, 5) is 16.5. The first kappa shape index (κ1) is 16.9. The van der Waals surface area contributed by atoms with Gasteiger partial charge in [0.15, 0.2) is 0 Å². The number of nitrogens with zero attached hydrogens (tertiary/aromatic N) is 1. The molecule has 0 radical (unpaired) electrons. The van der Waals surface area contributed by atoms with Crippen molar-refractivity contribution < 1.29 is 9.90 Å². The lowest BCUT2D eigenvalue weighted by molar-refractivity contribution is 0.166. The lowest BCUT2D eigenvalue weighted by Crippen LogP contribution is -2.40. The molecule has 1 aliphatic heterocycles. The molecule has 1 aliphatic rings. The molecular weight excluding hydrogens is 320 g/mol. The summed E-state index contributed by atoms with van der Waals surface area (Å²) in [5.74, 6) is 0. The Morgan fingerprint density at radius 1 is 1.25 bits per heavy atom. The summed E-state index contributed by atoms with van der Waals surface area (Å²) in [6.07, 6.45) is 1.82. The zero-order chi connectivity index (χ0) is 16.9. The van der Waals surface area contributed by atoms with Crippen LogP contribution in [0.1, 0.15) is 18.4 Å². The number of anilines is 1. The Bertz CT molecular complexity index is 706. The Morgan fingerprint density at radius 3 is 2.75 bits per heavy atom. The number of aryl methyl sites for hydroxylation is 1. The van der Waals surface area contributed by atoms with Crippen molar-refractivity contribution in [1.29, 1.82) is 0 Å². The minimum Gasteiger partial charge on any atom is -0.394 e. The van der Waals surface area contributed by atoms with Gasteiger partial charge in [-0.3, -0.25) is 0 Å². The topological polar surface area (TPSA) is 52.6 Å². The third kappa shape index (κ3) is 3.91. The van der Waals surface area contributed by atoms with Gasteiger partial charge in [-0.1, -0.05) is 30.0 Å². The second kappa shape index (κ2) is 7.73. The quantitative estimate of drug-likeness (QED) is 0.878. The predicted octanol–water partition coefficient (Wildman–Crippen LogP) is 4.13. The van der Waals surface area contributed by atoms with Crippen LogP contribution in [0, 0.1) is 6.92 Å². The van der Waals surface area contributed by atoms with E-state index >= 15 is 0 Å². The molecule has 0 spiro atoms. The molecule has 2 aromatic rings. The molecule has 24 heavy (non-hydrogen) atoms. The molecule has 5 heteroatoms. The maximum absolute atomic E-state index is 12.4. The van der Waals surface area contributed by atoms with Gasteiger partial charge >= 0.3 is 6.03 Å². The number of likely N-dealkylation sites (tertiary alicyclic amines) is 1. The van der Waals surface area contributed by atoms with E-state index in [0.717, 1.165) is 29.0 Å². The van der Waals surface area contributed by atoms with Gasteiger partial charge in [0.1, 0.15) is 0 Å². The smallest absolute Gasteiger partial charge is 0.322 e. The summed E-state index contributed by atoms with van der Waals surface area (Å²) in [5.41, 5.74) is 1.85. The summed E-state index contributed by atoms with van der Waals surface area (Å²) in [7, 11) is 0. The van der Waals surface area contributed by atoms with Gasteiger partial charge in [-0.25, -0.2) is 4.79 Å². The Balaban J connectivity index is 1.67. The zero-order valence-electron chi connectivity index (χ0n) is 13.7. The number of carbonyl (C=O) groups excluding carboxylic acids is 1. The van der Waals surface area contributed by atoms with Crippen molar-refractivity contribution in [3.05, 3.63) is 54.1 Å². The van der Waals surface area contributed by atoms with Crippen LogP contribution in [0.5, 0.6) is 0 Å². The molecule has 0 saturated carbocycles. The van der Waals surface area contributed by atoms with Crippen molar-refractivity contribution in [2.75, 3.05) is 18.5 Å². The average Bonchev–Trinajstić information content (AvgIpc) is 3.07. The maximum atomic E-state index is 12.4. The predicted molar refractivity (Wildman–Crippen MR) is 97.6 cm³/mol. The van der Waals surface area contributed by atoms with Gasteiger partial charge in [-0.2, -0.15) is 0 Å². The van der Waals surface area contributed by atoms with E-state index in [2.05, 4.69) is 23.5 Å². The van der Waals surface area contributed by atoms with E-state index < -0.39 is 0 Å². The normalized spacial score (nSPS) is 17.1. The fourth-order valence-electron chi connectivity index (χ4n) is 2.94. The van der Waals surface area contributed by atoms with Gasteiger partial charge in [0.2, 0.25) is 0 Å². The highest BCUT2D eigenvalue weighted by molar-refractivity contribution is 7.99. The number of carbonyl (C=O) groups is 1. The van der Waals surface area contributed by atoms with Gasteiger partial charge in [-0.05, 0) is 55.7 Å². The van der Waals surface area contributed by atoms with Crippen LogP contribution in [0.25, 0.3) is 0 Å². The SMILES string of the molecule is Cc1cc(Sc2ccccc2)ccc1NC(=O)N1CCC[C@@H]1CO. The number of urea groups is 1. The Kier molecular flexibility index (Phi) is 5.43. The number of hydrogen-bond donors (Lipinski definition) is 2. The maximum Gasteiger partial charge on any atom is 0.322 e. The first-order valence-electron chi connectivity index (χ1n) is 8.19. The fourth-order valence-corrected chi connectivity index (χ4v) is 3.88. The Labute approximate surface area is 146 Å². The molecule has 1 saturated heterocycles. The number of amides is 2. The van der Waals surface area contributed by atoms with E-state index in [1.165, 1.54) is 4.90 Å². The first-order chi connectivity index (χ1) is 11.7. The summed E-state index contributed by atoms with van der Waals surface area (Å²) in [6, 6.07) is 16.1. The van der Waals surface area contributed by atoms with Crippen molar-refractivity contribution in [3.63, 3.8) is 0 Å². The van der Waals surface area contributed by atoms with Gasteiger partial charge in [0, 0.05) is 22.0 Å². The summed E-state index contributed by atoms with van der Waals surface area (Å²) < 4.78 is 0. The minimum absolute atomic E-state index is 0.0268. The highest BCUT2D eigenvalue weighted by atomic mass is 32.2. The molecule has 0 aliphatic carbocycles. The van der Waals surface area contributed by atoms with Crippen LogP contribution in [0.3, 0.4) is 0 Å². The standard InChI is InChI=1S/C19H22N2O2S/c1-14-12-17(24-16-7-3-2-4-8-16)9-10-18(14)20-19(23)21-11-5-6-15(21)13-22/h2-4,7-10,12,15,22H,5-6,11,13H2,1H3,(H,20,23)/t15-/m1/s1. The van der Waals surface area contributed by atoms with Crippen LogP contribution >= 0.6 is 11.8 Å². The number of rotatable bonds is 4. The highest BCUT2D eigenvalue weighted by Gasteiger charge is 2.28. The third-order valence-electron chi connectivity index (χ3n) is 4.27. The van der Waals surface area contributed by atoms with Crippen LogP contribution in [0.2, 0.25) is 0 Å². The van der Waals surface area contributed by atoms with Gasteiger partial charge in [0.25, 0.3) is 0 Å². The van der Waals surface area contributed by atoms with Crippen molar-refractivity contribution in [1.82, 2.24) is 4.90 Å². The molecule has 0 aromatic heterocycles. The molecule has 0 bridgehead atoms. The van der Waals surface area contributed by atoms with E-state index in [-0.39, 0.29) is 18.7 Å². The summed E-state index contributed by atoms with van der Waals surface area (Å²) in [6.45, 7) is 2.73. The number of hydrogen-bond acceptors (Lipinski definition) is 3. The third-order valence-corrected chi connectivity index (χ3v) is 5.26. The van der Waals surface area contributed by atoms with Gasteiger partial charge in [-0.15, -0.1) is 0 Å². The van der Waals surface area contributed by atoms with Crippen LogP contribution < -0.4 is 5.32 Å². The molecule has 1 fully saturated rings. The van der Waals surface area contributed by atoms with Crippen molar-refractivity contribution in [3.8, 4) is 0 Å². The second-order valence-corrected chi connectivity index (χ2v) is 7.14. The number of aliphatic hydroxyl groups is 1. The van der Waals surface area contributed by atoms with E-state index in [1.807, 2.05) is 37.3 Å². The molecule has 2 N–H and O–H groups in total. The van der Waals surface area contributed by atoms with Crippen molar-refractivity contribution in [2.45, 2.75) is 35.6 Å². The van der Waals surface area contributed by atoms with E-state index in [1.54, 1.807) is 16.7 Å². The molecule has 3 rings (SSSR count). The fraction of sp³-hybridized carbons (Fsp3) is 0.316. The van der Waals surface area contributed by atoms with E-state index in [9.17, 15) is 9.90 Å². The van der Waals surface area contributed by atoms with Crippen LogP contribution in [0.15, 0.2) is 58.3 Å². The van der Waals surface area contributed by atoms with Crippen molar-refractivity contribution in [2.24, 2.45) is 0 Å². The molecule has 1 heterocycles. The molecule has 2 aromatic carbocycles. The Morgan fingerprint density at radius 2 is 2.04 bits per heavy atom. The summed E-state index contributed by atoms with van der Waals surface area (Å²) in [5, 5.41) is 12.3. The largest absolute Gasteiger partial charge is 0.394 e. The van der Waals surface area contributed by atoms with Crippen molar-refractivity contribution >= 4 is 23.5 Å². The van der Waals surface area contributed by atoms with Gasteiger partial charge < -0.3 is 15.3 Å². The molecule has 0 unspecified atom stereocenters. The zero-order valence-corrected chi connectivity index (χ0v) is 14.6. The van der Waals surface area contributed by atoms with E-state index in [0.29, 0.717) is 6.54 Å². The molecule has 1 atom stereocenters. The number of benzene rings is 2. The molecule has 4 nitrogen and oxygen atoms in total. The first-order valence-corrected chi connectivity index (χ1v) is 9.01. The van der Waals surface area contributed by atoms with Crippen LogP contribution in [-0.2, 0) is 0 Å². The lowest BCUT2D eigenvalue weighted by atomic mass is 10.2. The van der Waals surface area contributed by atoms with Crippen LogP contribution in [0.4, 0.5) is 10.5 Å². The Hall–Kier alpha value is -1.98. The minimum atomic E-state index is -0.127. The number of nitrogens with one attached hydrogen (secondary N) is 1. The second-order valence-electron chi connectivity index (χ2n) is 5.99. The van der Waals surface area contributed by atoms with E-state index in [4.69, 9.17) is 0 Å². The van der Waals surface area contributed by atoms with Crippen LogP contribution in [-0.4, -0.2) is 35.2 Å². The van der Waals surface area contributed by atoms with Gasteiger partial charge in [0.05, 0.1) is 12.6 Å². The monoisotopic (exact) mass is 342 g/mol. The molecular formula is C19H22N2O2S. The lowest BCUT2D eigenvalue weighted by Gasteiger charge is -2.23. The highest BCUT2D eigenvalue weighted by Crippen LogP contribution is 2.30. The average molecular weight is 342 g/mol. The number of aliphatic hydroxyl groups excluding tert-OH is 1.